The average molecular weight is 552 g/mol. The summed E-state index contributed by atoms with van der Waals surface area (Å²) in [7, 11) is 0. The summed E-state index contributed by atoms with van der Waals surface area (Å²) in [4.78, 5) is 4.89. The van der Waals surface area contributed by atoms with E-state index >= 15 is 0 Å². The van der Waals surface area contributed by atoms with Gasteiger partial charge in [0, 0.05) is 30.7 Å². The van der Waals surface area contributed by atoms with Gasteiger partial charge < -0.3 is 36.0 Å². The van der Waals surface area contributed by atoms with Crippen molar-refractivity contribution in [2.45, 2.75) is 69.6 Å². The highest BCUT2D eigenvalue weighted by Gasteiger charge is 2.49. The molecule has 2 bridgehead atoms. The van der Waals surface area contributed by atoms with Crippen LogP contribution in [0.15, 0.2) is 53.1 Å². The summed E-state index contributed by atoms with van der Waals surface area (Å²) in [5, 5.41) is 16.6. The van der Waals surface area contributed by atoms with Crippen LogP contribution in [0.25, 0.3) is 0 Å². The van der Waals surface area contributed by atoms with Crippen LogP contribution < -0.4 is 21.9 Å². The summed E-state index contributed by atoms with van der Waals surface area (Å²) in [5.74, 6) is 3.67. The van der Waals surface area contributed by atoms with Crippen molar-refractivity contribution in [1.82, 2.24) is 10.1 Å². The first kappa shape index (κ1) is 26.6. The molecule has 208 valence electrons. The van der Waals surface area contributed by atoms with E-state index in [4.69, 9.17) is 19.0 Å². The lowest BCUT2D eigenvalue weighted by Crippen LogP contribution is -3.00. The quantitative estimate of drug-likeness (QED) is 0.453. The predicted molar refractivity (Wildman–Crippen MR) is 142 cm³/mol. The second kappa shape index (κ2) is 10.8. The second-order valence-electron chi connectivity index (χ2n) is 12.0. The van der Waals surface area contributed by atoms with Gasteiger partial charge in [0.15, 0.2) is 18.2 Å². The molecule has 39 heavy (non-hydrogen) atoms. The molecule has 1 aliphatic carbocycles. The molecule has 3 saturated heterocycles. The first-order valence-corrected chi connectivity index (χ1v) is 14.5. The number of halogens is 1. The van der Waals surface area contributed by atoms with Gasteiger partial charge >= 0.3 is 0 Å². The van der Waals surface area contributed by atoms with E-state index in [2.05, 4.69) is 11.2 Å². The van der Waals surface area contributed by atoms with Crippen LogP contribution in [0.1, 0.15) is 67.8 Å². The zero-order valence-corrected chi connectivity index (χ0v) is 23.2. The third-order valence-corrected chi connectivity index (χ3v) is 9.68. The molecule has 1 saturated carbocycles. The Morgan fingerprint density at radius 1 is 1.00 bits per heavy atom. The highest BCUT2D eigenvalue weighted by atomic mass is 35.5. The Morgan fingerprint density at radius 3 is 2.59 bits per heavy atom. The monoisotopic (exact) mass is 551 g/mol. The van der Waals surface area contributed by atoms with Gasteiger partial charge in [-0.05, 0) is 42.5 Å². The average Bonchev–Trinajstić information content (AvgIpc) is 3.64. The zero-order chi connectivity index (χ0) is 25.6. The number of hydrogen-bond donors (Lipinski definition) is 1. The van der Waals surface area contributed by atoms with E-state index < -0.39 is 5.60 Å². The van der Waals surface area contributed by atoms with Crippen molar-refractivity contribution in [2.24, 2.45) is 11.8 Å². The van der Waals surface area contributed by atoms with Crippen molar-refractivity contribution in [3.63, 3.8) is 0 Å². The summed E-state index contributed by atoms with van der Waals surface area (Å²) in [6.45, 7) is 4.60. The third kappa shape index (κ3) is 4.94. The highest BCUT2D eigenvalue weighted by Crippen LogP contribution is 2.43. The van der Waals surface area contributed by atoms with Crippen LogP contribution in [0.3, 0.4) is 0 Å². The molecule has 5 aliphatic rings. The standard InChI is InChI=1S/C31H38N3O4.ClH/c35-31(24-7-3-1-4-8-24,25-9-5-2-6-10-25)30-32-29(38-33-30)21-34-16-13-22(14-17-34)28(20-34)37-26-11-12-27-23(19-26)15-18-36-27;/h1,3-4,7-8,11-12,19,22,25,28,35H,2,5-6,9-10,13-18,20-21H2;1H/q+1;/p-1/t22?,28-,31-,34?;/m0./s1. The van der Waals surface area contributed by atoms with Gasteiger partial charge in [0.25, 0.3) is 5.89 Å². The van der Waals surface area contributed by atoms with Crippen LogP contribution in [0.2, 0.25) is 0 Å². The van der Waals surface area contributed by atoms with Crippen LogP contribution >= 0.6 is 0 Å². The lowest BCUT2D eigenvalue weighted by molar-refractivity contribution is -0.959. The van der Waals surface area contributed by atoms with E-state index in [1.807, 2.05) is 42.5 Å². The summed E-state index contributed by atoms with van der Waals surface area (Å²) in [6, 6.07) is 16.2. The van der Waals surface area contributed by atoms with Crippen LogP contribution in [-0.2, 0) is 18.6 Å². The Bertz CT molecular complexity index is 1270. The van der Waals surface area contributed by atoms with Gasteiger partial charge in [-0.15, -0.1) is 0 Å². The number of quaternary nitrogens is 1. The molecule has 1 aromatic heterocycles. The zero-order valence-electron chi connectivity index (χ0n) is 22.4. The molecule has 3 aromatic rings. The van der Waals surface area contributed by atoms with E-state index in [9.17, 15) is 5.11 Å². The molecule has 2 aromatic carbocycles. The van der Waals surface area contributed by atoms with Gasteiger partial charge in [0.05, 0.1) is 19.7 Å². The van der Waals surface area contributed by atoms with Gasteiger partial charge in [-0.2, -0.15) is 4.98 Å². The van der Waals surface area contributed by atoms with E-state index in [0.717, 1.165) is 92.7 Å². The van der Waals surface area contributed by atoms with Gasteiger partial charge in [0.1, 0.15) is 18.0 Å². The van der Waals surface area contributed by atoms with E-state index in [1.165, 1.54) is 12.0 Å². The van der Waals surface area contributed by atoms with Crippen LogP contribution in [-0.4, -0.2) is 52.1 Å². The maximum atomic E-state index is 12.2. The summed E-state index contributed by atoms with van der Waals surface area (Å²) in [6.07, 6.45) is 8.87. The lowest BCUT2D eigenvalue weighted by Gasteiger charge is -2.51. The molecule has 2 atom stereocenters. The summed E-state index contributed by atoms with van der Waals surface area (Å²) in [5.41, 5.74) is 0.884. The third-order valence-electron chi connectivity index (χ3n) is 9.68. The molecule has 4 aliphatic heterocycles. The largest absolute Gasteiger partial charge is 1.00 e. The Kier molecular flexibility index (Phi) is 7.34. The Labute approximate surface area is 236 Å². The van der Waals surface area contributed by atoms with Crippen molar-refractivity contribution >= 4 is 0 Å². The number of ether oxygens (including phenoxy) is 2. The predicted octanol–water partition coefficient (Wildman–Crippen LogP) is 2.01. The van der Waals surface area contributed by atoms with Gasteiger partial charge in [-0.1, -0.05) is 54.8 Å². The molecule has 0 spiro atoms. The van der Waals surface area contributed by atoms with Crippen LogP contribution in [0.5, 0.6) is 11.5 Å². The fourth-order valence-electron chi connectivity index (χ4n) is 7.51. The maximum absolute atomic E-state index is 12.2. The molecule has 7 nitrogen and oxygen atoms in total. The smallest absolute Gasteiger partial charge is 0.282 e. The molecule has 0 radical (unpaired) electrons. The number of piperidine rings is 3. The fourth-order valence-corrected chi connectivity index (χ4v) is 7.51. The van der Waals surface area contributed by atoms with E-state index in [-0.39, 0.29) is 24.4 Å². The summed E-state index contributed by atoms with van der Waals surface area (Å²) >= 11 is 0. The Morgan fingerprint density at radius 2 is 1.79 bits per heavy atom. The minimum atomic E-state index is -1.22. The Hall–Kier alpha value is -2.61. The molecule has 0 amide bonds. The molecular formula is C31H38ClN3O4. The molecule has 8 rings (SSSR count). The summed E-state index contributed by atoms with van der Waals surface area (Å²) < 4.78 is 19.1. The normalized spacial score (nSPS) is 27.7. The SMILES string of the molecule is O[C@](c1ccccc1)(c1noc(C[N+]23CCC(CC2)[C@@H](Oc2ccc4c(c2)CCO4)C3)n1)C1CCCCC1.[Cl-]. The lowest BCUT2D eigenvalue weighted by atomic mass is 9.73. The minimum Gasteiger partial charge on any atom is -1.00 e. The Balaban J connectivity index is 0.00000277. The topological polar surface area (TPSA) is 77.6 Å². The molecule has 8 heteroatoms. The minimum absolute atomic E-state index is 0. The number of rotatable bonds is 7. The molecular weight excluding hydrogens is 514 g/mol. The number of aromatic nitrogens is 2. The van der Waals surface area contributed by atoms with Crippen LogP contribution in [0, 0.1) is 11.8 Å². The van der Waals surface area contributed by atoms with Crippen molar-refractivity contribution in [1.29, 1.82) is 0 Å². The van der Waals surface area contributed by atoms with Gasteiger partial charge in [0.2, 0.25) is 5.82 Å². The first-order valence-electron chi connectivity index (χ1n) is 14.5. The van der Waals surface area contributed by atoms with E-state index in [0.29, 0.717) is 24.2 Å². The molecule has 5 heterocycles. The number of aliphatic hydroxyl groups is 1. The molecule has 1 N–H and O–H groups in total. The van der Waals surface area contributed by atoms with E-state index in [1.54, 1.807) is 0 Å². The van der Waals surface area contributed by atoms with Crippen molar-refractivity contribution in [3.8, 4) is 11.5 Å². The molecule has 4 fully saturated rings. The van der Waals surface area contributed by atoms with Crippen molar-refractivity contribution in [3.05, 3.63) is 71.4 Å². The molecule has 0 unspecified atom stereocenters. The highest BCUT2D eigenvalue weighted by molar-refractivity contribution is 5.42. The number of benzene rings is 2. The van der Waals surface area contributed by atoms with Gasteiger partial charge in [-0.25, -0.2) is 0 Å². The van der Waals surface area contributed by atoms with Gasteiger partial charge in [-0.3, -0.25) is 0 Å². The second-order valence-corrected chi connectivity index (χ2v) is 12.0. The van der Waals surface area contributed by atoms with Crippen molar-refractivity contribution in [2.75, 3.05) is 26.2 Å². The number of fused-ring (bicyclic) bond motifs is 4. The first-order chi connectivity index (χ1) is 18.6. The number of hydrogen-bond acceptors (Lipinski definition) is 6. The number of nitrogens with zero attached hydrogens (tertiary/aromatic N) is 3. The fraction of sp³-hybridized carbons (Fsp3) is 0.548. The van der Waals surface area contributed by atoms with Crippen LogP contribution in [0.4, 0.5) is 0 Å². The maximum Gasteiger partial charge on any atom is 0.282 e. The van der Waals surface area contributed by atoms with Crippen molar-refractivity contribution < 1.29 is 36.0 Å².